The number of nitrogens with zero attached hydrogens (tertiary/aromatic N) is 1. The summed E-state index contributed by atoms with van der Waals surface area (Å²) in [5.41, 5.74) is -0.158. The van der Waals surface area contributed by atoms with E-state index in [0.717, 1.165) is 38.8 Å². The largest absolute Gasteiger partial charge is 0.493 e. The molecule has 0 unspecified atom stereocenters. The summed E-state index contributed by atoms with van der Waals surface area (Å²) in [6, 6.07) is 4.20. The molecular formula is C24H34FNO5. The minimum absolute atomic E-state index is 0.0904. The van der Waals surface area contributed by atoms with Crippen LogP contribution in [0.1, 0.15) is 69.7 Å². The van der Waals surface area contributed by atoms with Crippen LogP contribution in [-0.4, -0.2) is 49.4 Å². The number of hydrogen-bond donors (Lipinski definition) is 0. The number of ether oxygens (including phenoxy) is 3. The Morgan fingerprint density at radius 2 is 1.87 bits per heavy atom. The number of carbonyl (C=O) groups is 2. The lowest BCUT2D eigenvalue weighted by atomic mass is 9.56. The Bertz CT molecular complexity index is 788. The first kappa shape index (κ1) is 23.4. The van der Waals surface area contributed by atoms with Crippen molar-refractivity contribution in [2.45, 2.75) is 64.9 Å². The van der Waals surface area contributed by atoms with E-state index in [4.69, 9.17) is 9.47 Å². The van der Waals surface area contributed by atoms with Gasteiger partial charge in [-0.2, -0.15) is 0 Å². The van der Waals surface area contributed by atoms with Gasteiger partial charge in [-0.05, 0) is 82.8 Å². The lowest BCUT2D eigenvalue weighted by Crippen LogP contribution is -2.49. The van der Waals surface area contributed by atoms with Crippen LogP contribution < -0.4 is 4.74 Å². The van der Waals surface area contributed by atoms with Gasteiger partial charge in [-0.25, -0.2) is 14.0 Å². The molecule has 0 N–H and O–H groups in total. The number of likely N-dealkylation sites (tertiary alicyclic amines) is 1. The molecule has 3 rings (SSSR count). The second-order valence-electron chi connectivity index (χ2n) is 9.87. The molecule has 0 aromatic heterocycles. The van der Waals surface area contributed by atoms with Crippen molar-refractivity contribution in [2.24, 2.45) is 11.3 Å². The van der Waals surface area contributed by atoms with Crippen molar-refractivity contribution < 1.29 is 28.2 Å². The fourth-order valence-corrected chi connectivity index (χ4v) is 4.69. The second-order valence-corrected chi connectivity index (χ2v) is 9.87. The molecule has 0 atom stereocenters. The van der Waals surface area contributed by atoms with Crippen LogP contribution in [-0.2, 0) is 9.47 Å². The molecule has 0 radical (unpaired) electrons. The molecule has 1 aliphatic heterocycles. The third-order valence-corrected chi connectivity index (χ3v) is 6.29. The van der Waals surface area contributed by atoms with E-state index in [1.165, 1.54) is 32.1 Å². The average Bonchev–Trinajstić information content (AvgIpc) is 2.68. The summed E-state index contributed by atoms with van der Waals surface area (Å²) in [6.07, 6.45) is 6.29. The molecule has 1 aromatic rings. The molecule has 2 aliphatic rings. The highest BCUT2D eigenvalue weighted by atomic mass is 19.1. The van der Waals surface area contributed by atoms with Gasteiger partial charge in [-0.3, -0.25) is 0 Å². The Morgan fingerprint density at radius 3 is 2.45 bits per heavy atom. The Labute approximate surface area is 184 Å². The number of hydrogen-bond acceptors (Lipinski definition) is 5. The van der Waals surface area contributed by atoms with Crippen LogP contribution in [0.5, 0.6) is 5.75 Å². The molecule has 1 saturated heterocycles. The van der Waals surface area contributed by atoms with Crippen molar-refractivity contribution in [3.05, 3.63) is 29.6 Å². The highest BCUT2D eigenvalue weighted by Gasteiger charge is 2.46. The number of methoxy groups -OCH3 is 1. The normalized spacial score (nSPS) is 18.4. The summed E-state index contributed by atoms with van der Waals surface area (Å²) in [7, 11) is 1.22. The van der Waals surface area contributed by atoms with Crippen molar-refractivity contribution in [3.63, 3.8) is 0 Å². The van der Waals surface area contributed by atoms with E-state index in [1.54, 1.807) is 6.07 Å². The summed E-state index contributed by atoms with van der Waals surface area (Å²) in [5, 5.41) is 0. The van der Waals surface area contributed by atoms with Gasteiger partial charge in [-0.1, -0.05) is 0 Å². The molecule has 0 bridgehead atoms. The molecule has 1 heterocycles. The first-order valence-electron chi connectivity index (χ1n) is 11.1. The Balaban J connectivity index is 1.33. The van der Waals surface area contributed by atoms with Crippen LogP contribution in [0.2, 0.25) is 0 Å². The predicted molar refractivity (Wildman–Crippen MR) is 115 cm³/mol. The number of carbonyl (C=O) groups excluding carboxylic acids is 2. The quantitative estimate of drug-likeness (QED) is 0.454. The van der Waals surface area contributed by atoms with E-state index in [-0.39, 0.29) is 11.7 Å². The lowest BCUT2D eigenvalue weighted by molar-refractivity contribution is -0.0301. The van der Waals surface area contributed by atoms with Gasteiger partial charge in [0, 0.05) is 19.2 Å². The zero-order valence-corrected chi connectivity index (χ0v) is 19.0. The zero-order chi connectivity index (χ0) is 22.6. The number of esters is 1. The first-order valence-corrected chi connectivity index (χ1v) is 11.1. The van der Waals surface area contributed by atoms with E-state index < -0.39 is 17.4 Å². The maximum atomic E-state index is 13.9. The molecule has 1 aromatic carbocycles. The highest BCUT2D eigenvalue weighted by Crippen LogP contribution is 2.54. The maximum Gasteiger partial charge on any atom is 0.410 e. The molecule has 2 fully saturated rings. The molecule has 1 amide bonds. The molecular weight excluding hydrogens is 401 g/mol. The van der Waals surface area contributed by atoms with Crippen molar-refractivity contribution in [1.29, 1.82) is 0 Å². The van der Waals surface area contributed by atoms with Crippen LogP contribution >= 0.6 is 0 Å². The summed E-state index contributed by atoms with van der Waals surface area (Å²) in [4.78, 5) is 25.5. The van der Waals surface area contributed by atoms with Gasteiger partial charge >= 0.3 is 12.1 Å². The summed E-state index contributed by atoms with van der Waals surface area (Å²) >= 11 is 0. The average molecular weight is 436 g/mol. The zero-order valence-electron chi connectivity index (χ0n) is 19.0. The van der Waals surface area contributed by atoms with Gasteiger partial charge < -0.3 is 19.1 Å². The third kappa shape index (κ3) is 6.11. The Morgan fingerprint density at radius 1 is 1.19 bits per heavy atom. The van der Waals surface area contributed by atoms with Gasteiger partial charge in [0.15, 0.2) is 0 Å². The molecule has 172 valence electrons. The van der Waals surface area contributed by atoms with E-state index >= 15 is 0 Å². The van der Waals surface area contributed by atoms with Crippen LogP contribution in [0, 0.1) is 17.2 Å². The van der Waals surface area contributed by atoms with Gasteiger partial charge in [-0.15, -0.1) is 0 Å². The minimum Gasteiger partial charge on any atom is -0.493 e. The minimum atomic E-state index is -0.695. The Hall–Kier alpha value is -2.31. The van der Waals surface area contributed by atoms with Crippen molar-refractivity contribution in [2.75, 3.05) is 26.8 Å². The van der Waals surface area contributed by atoms with Gasteiger partial charge in [0.1, 0.15) is 17.2 Å². The molecule has 1 aliphatic carbocycles. The lowest BCUT2D eigenvalue weighted by Gasteiger charge is -2.52. The first-order chi connectivity index (χ1) is 14.6. The molecule has 31 heavy (non-hydrogen) atoms. The standard InChI is InChI=1S/C24H34FNO5/c1-23(2,3)31-22(28)26-11-9-24(10-12-26)15-17(16-24)6-5-13-30-18-7-8-19(20(25)14-18)21(27)29-4/h7-8,14,17H,5-6,9-13,15-16H2,1-4H3. The molecule has 7 heteroatoms. The van der Waals surface area contributed by atoms with Gasteiger partial charge in [0.2, 0.25) is 0 Å². The number of benzene rings is 1. The third-order valence-electron chi connectivity index (χ3n) is 6.29. The fourth-order valence-electron chi connectivity index (χ4n) is 4.69. The molecule has 1 saturated carbocycles. The maximum absolute atomic E-state index is 13.9. The van der Waals surface area contributed by atoms with E-state index in [9.17, 15) is 14.0 Å². The fraction of sp³-hybridized carbons (Fsp3) is 0.667. The van der Waals surface area contributed by atoms with E-state index in [2.05, 4.69) is 4.74 Å². The topological polar surface area (TPSA) is 65.1 Å². The summed E-state index contributed by atoms with van der Waals surface area (Å²) < 4.78 is 29.6. The molecule has 6 nitrogen and oxygen atoms in total. The smallest absolute Gasteiger partial charge is 0.410 e. The second kappa shape index (κ2) is 9.45. The summed E-state index contributed by atoms with van der Waals surface area (Å²) in [6.45, 7) is 7.75. The highest BCUT2D eigenvalue weighted by molar-refractivity contribution is 5.89. The van der Waals surface area contributed by atoms with Crippen molar-refractivity contribution in [1.82, 2.24) is 4.90 Å². The van der Waals surface area contributed by atoms with Crippen LogP contribution in [0.3, 0.4) is 0 Å². The number of amides is 1. The van der Waals surface area contributed by atoms with Crippen LogP contribution in [0.15, 0.2) is 18.2 Å². The van der Waals surface area contributed by atoms with Crippen LogP contribution in [0.25, 0.3) is 0 Å². The van der Waals surface area contributed by atoms with Crippen molar-refractivity contribution in [3.8, 4) is 5.75 Å². The number of halogens is 1. The van der Waals surface area contributed by atoms with Gasteiger partial charge in [0.25, 0.3) is 0 Å². The number of piperidine rings is 1. The van der Waals surface area contributed by atoms with Crippen LogP contribution in [0.4, 0.5) is 9.18 Å². The van der Waals surface area contributed by atoms with E-state index in [0.29, 0.717) is 23.7 Å². The monoisotopic (exact) mass is 435 g/mol. The Kier molecular flexibility index (Phi) is 7.12. The SMILES string of the molecule is COC(=O)c1ccc(OCCCC2CC3(CCN(C(=O)OC(C)(C)C)CC3)C2)cc1F. The summed E-state index contributed by atoms with van der Waals surface area (Å²) in [5.74, 6) is -0.220. The predicted octanol–water partition coefficient (Wildman–Crippen LogP) is 5.20. The van der Waals surface area contributed by atoms with Gasteiger partial charge in [0.05, 0.1) is 19.3 Å². The van der Waals surface area contributed by atoms with Crippen molar-refractivity contribution >= 4 is 12.1 Å². The van der Waals surface area contributed by atoms with E-state index in [1.807, 2.05) is 25.7 Å². The number of rotatable bonds is 6. The molecule has 1 spiro atoms.